The highest BCUT2D eigenvalue weighted by Gasteiger charge is 2.03. The second kappa shape index (κ2) is 13.2. The molecule has 0 saturated heterocycles. The van der Waals surface area contributed by atoms with Gasteiger partial charge in [-0.3, -0.25) is 0 Å². The Hall–Kier alpha value is -2.25. The zero-order chi connectivity index (χ0) is 18.4. The van der Waals surface area contributed by atoms with Crippen LogP contribution in [0.15, 0.2) is 47.1 Å². The van der Waals surface area contributed by atoms with E-state index in [-0.39, 0.29) is 13.2 Å². The molecule has 0 aliphatic heterocycles. The van der Waals surface area contributed by atoms with Crippen LogP contribution in [0.25, 0.3) is 11.4 Å². The molecule has 24 heavy (non-hydrogen) atoms. The molecule has 6 nitrogen and oxygen atoms in total. The van der Waals surface area contributed by atoms with E-state index in [1.165, 1.54) is 13.4 Å². The fraction of sp³-hybridized carbons (Fsp3) is 0.412. The summed E-state index contributed by atoms with van der Waals surface area (Å²) in [5.41, 5.74) is 11.0. The van der Waals surface area contributed by atoms with Crippen molar-refractivity contribution in [1.29, 1.82) is 0 Å². The minimum absolute atomic E-state index is 0.133. The molecule has 2 rings (SSSR count). The standard InChI is InChI=1S/C12H12FN3O2.C4H10.CH5N/c13-5-9(6-14)7-17-11-3-1-10(2-4-11)12-15-8-18-16-12;1-4(2)3;1-2/h1-5,8H,6-7,14H2;4H,1-3H3;2H2,1H3/b9-5+;;. The number of hydrogen-bond donors (Lipinski definition) is 2. The summed E-state index contributed by atoms with van der Waals surface area (Å²) in [6, 6.07) is 7.08. The predicted octanol–water partition coefficient (Wildman–Crippen LogP) is 3.16. The van der Waals surface area contributed by atoms with Crippen LogP contribution in [0.4, 0.5) is 4.39 Å². The van der Waals surface area contributed by atoms with Crippen LogP contribution in [-0.2, 0) is 0 Å². The van der Waals surface area contributed by atoms with E-state index in [0.29, 0.717) is 23.5 Å². The average Bonchev–Trinajstić information content (AvgIpc) is 3.12. The van der Waals surface area contributed by atoms with E-state index < -0.39 is 0 Å². The third-order valence-corrected chi connectivity index (χ3v) is 2.31. The Labute approximate surface area is 142 Å². The zero-order valence-electron chi connectivity index (χ0n) is 14.7. The molecule has 0 aliphatic rings. The van der Waals surface area contributed by atoms with Crippen molar-refractivity contribution in [3.8, 4) is 17.1 Å². The molecule has 1 aromatic heterocycles. The topological polar surface area (TPSA) is 100 Å². The van der Waals surface area contributed by atoms with Gasteiger partial charge in [-0.2, -0.15) is 4.98 Å². The van der Waals surface area contributed by atoms with E-state index in [0.717, 1.165) is 11.5 Å². The lowest BCUT2D eigenvalue weighted by atomic mass is 10.2. The summed E-state index contributed by atoms with van der Waals surface area (Å²) in [6.07, 6.45) is 1.73. The molecule has 4 N–H and O–H groups in total. The maximum absolute atomic E-state index is 12.3. The average molecular weight is 338 g/mol. The van der Waals surface area contributed by atoms with Crippen LogP contribution in [-0.4, -0.2) is 30.3 Å². The number of aromatic nitrogens is 2. The minimum Gasteiger partial charge on any atom is -0.489 e. The molecule has 0 fully saturated rings. The molecule has 1 heterocycles. The SMILES string of the molecule is CC(C)C.CN.NC/C(=C\F)COc1ccc(-c2ncon2)cc1. The van der Waals surface area contributed by atoms with Gasteiger partial charge < -0.3 is 20.7 Å². The number of benzene rings is 1. The van der Waals surface area contributed by atoms with E-state index in [4.69, 9.17) is 10.5 Å². The molecule has 7 heteroatoms. The fourth-order valence-corrected chi connectivity index (χ4v) is 1.31. The first-order valence-electron chi connectivity index (χ1n) is 7.62. The van der Waals surface area contributed by atoms with Gasteiger partial charge in [-0.25, -0.2) is 4.39 Å². The first-order chi connectivity index (χ1) is 11.6. The Balaban J connectivity index is 0.000000773. The summed E-state index contributed by atoms with van der Waals surface area (Å²) in [7, 11) is 1.50. The summed E-state index contributed by atoms with van der Waals surface area (Å²) < 4.78 is 22.3. The van der Waals surface area contributed by atoms with Crippen molar-refractivity contribution >= 4 is 0 Å². The minimum atomic E-state index is 0.133. The Morgan fingerprint density at radius 1 is 1.25 bits per heavy atom. The number of nitrogens with two attached hydrogens (primary N) is 2. The van der Waals surface area contributed by atoms with E-state index >= 15 is 0 Å². The van der Waals surface area contributed by atoms with Crippen LogP contribution in [0.5, 0.6) is 5.75 Å². The summed E-state index contributed by atoms with van der Waals surface area (Å²) in [5.74, 6) is 1.96. The van der Waals surface area contributed by atoms with Gasteiger partial charge in [0, 0.05) is 17.7 Å². The molecule has 0 spiro atoms. The molecule has 134 valence electrons. The Bertz CT molecular complexity index is 552. The van der Waals surface area contributed by atoms with Gasteiger partial charge in [0.05, 0.1) is 6.33 Å². The van der Waals surface area contributed by atoms with Gasteiger partial charge in [-0.15, -0.1) is 0 Å². The Morgan fingerprint density at radius 2 is 1.83 bits per heavy atom. The highest BCUT2D eigenvalue weighted by atomic mass is 19.1. The number of rotatable bonds is 5. The number of ether oxygens (including phenoxy) is 1. The van der Waals surface area contributed by atoms with Gasteiger partial charge in [0.1, 0.15) is 12.4 Å². The van der Waals surface area contributed by atoms with Crippen LogP contribution in [0, 0.1) is 5.92 Å². The molecule has 0 bridgehead atoms. The van der Waals surface area contributed by atoms with Crippen molar-refractivity contribution in [3.05, 3.63) is 42.6 Å². The largest absolute Gasteiger partial charge is 0.489 e. The van der Waals surface area contributed by atoms with Crippen molar-refractivity contribution in [2.75, 3.05) is 20.2 Å². The van der Waals surface area contributed by atoms with Crippen molar-refractivity contribution in [2.45, 2.75) is 20.8 Å². The molecule has 0 amide bonds. The molecule has 0 radical (unpaired) electrons. The lowest BCUT2D eigenvalue weighted by Crippen LogP contribution is -2.10. The second-order valence-electron chi connectivity index (χ2n) is 5.27. The first-order valence-corrected chi connectivity index (χ1v) is 7.62. The van der Waals surface area contributed by atoms with Gasteiger partial charge >= 0.3 is 0 Å². The van der Waals surface area contributed by atoms with Crippen molar-refractivity contribution in [2.24, 2.45) is 17.4 Å². The Morgan fingerprint density at radius 3 is 2.25 bits per heavy atom. The van der Waals surface area contributed by atoms with Crippen LogP contribution >= 0.6 is 0 Å². The maximum Gasteiger partial charge on any atom is 0.214 e. The van der Waals surface area contributed by atoms with E-state index in [1.807, 2.05) is 0 Å². The van der Waals surface area contributed by atoms with Gasteiger partial charge in [0.15, 0.2) is 0 Å². The van der Waals surface area contributed by atoms with Gasteiger partial charge in [-0.05, 0) is 37.2 Å². The highest BCUT2D eigenvalue weighted by molar-refractivity contribution is 5.55. The number of hydrogen-bond acceptors (Lipinski definition) is 6. The molecule has 2 aromatic rings. The lowest BCUT2D eigenvalue weighted by Gasteiger charge is -2.07. The zero-order valence-corrected chi connectivity index (χ0v) is 14.7. The van der Waals surface area contributed by atoms with Gasteiger partial charge in [0.25, 0.3) is 0 Å². The molecule has 0 saturated carbocycles. The molecule has 0 unspecified atom stereocenters. The number of halogens is 1. The summed E-state index contributed by atoms with van der Waals surface area (Å²) in [5, 5.41) is 3.71. The van der Waals surface area contributed by atoms with E-state index in [1.54, 1.807) is 24.3 Å². The summed E-state index contributed by atoms with van der Waals surface area (Å²) in [6.45, 7) is 6.77. The fourth-order valence-electron chi connectivity index (χ4n) is 1.31. The second-order valence-corrected chi connectivity index (χ2v) is 5.27. The van der Waals surface area contributed by atoms with Gasteiger partial charge in [-0.1, -0.05) is 25.9 Å². The van der Waals surface area contributed by atoms with Crippen molar-refractivity contribution < 1.29 is 13.7 Å². The smallest absolute Gasteiger partial charge is 0.214 e. The monoisotopic (exact) mass is 338 g/mol. The van der Waals surface area contributed by atoms with Crippen molar-refractivity contribution in [3.63, 3.8) is 0 Å². The quantitative estimate of drug-likeness (QED) is 0.868. The van der Waals surface area contributed by atoms with Gasteiger partial charge in [0.2, 0.25) is 12.2 Å². The molecular formula is C17H27FN4O2. The highest BCUT2D eigenvalue weighted by Crippen LogP contribution is 2.19. The molecule has 1 aromatic carbocycles. The molecule has 0 aliphatic carbocycles. The van der Waals surface area contributed by atoms with Crippen LogP contribution in [0.2, 0.25) is 0 Å². The first kappa shape index (κ1) is 21.8. The third-order valence-electron chi connectivity index (χ3n) is 2.31. The van der Waals surface area contributed by atoms with E-state index in [9.17, 15) is 4.39 Å². The van der Waals surface area contributed by atoms with Crippen molar-refractivity contribution in [1.82, 2.24) is 10.1 Å². The summed E-state index contributed by atoms with van der Waals surface area (Å²) in [4.78, 5) is 3.92. The normalized spacial score (nSPS) is 10.4. The summed E-state index contributed by atoms with van der Waals surface area (Å²) >= 11 is 0. The van der Waals surface area contributed by atoms with Crippen LogP contribution in [0.1, 0.15) is 20.8 Å². The molecule has 0 atom stereocenters. The Kier molecular flexibility index (Phi) is 12.0. The van der Waals surface area contributed by atoms with Crippen LogP contribution in [0.3, 0.4) is 0 Å². The third kappa shape index (κ3) is 9.02. The van der Waals surface area contributed by atoms with E-state index in [2.05, 4.69) is 41.2 Å². The molecular weight excluding hydrogens is 311 g/mol. The van der Waals surface area contributed by atoms with Crippen LogP contribution < -0.4 is 16.2 Å². The predicted molar refractivity (Wildman–Crippen MR) is 94.1 cm³/mol. The maximum atomic E-state index is 12.3. The number of nitrogens with zero attached hydrogens (tertiary/aromatic N) is 2. The lowest BCUT2D eigenvalue weighted by molar-refractivity contribution is 0.347.